The Bertz CT molecular complexity index is 908. The number of benzene rings is 2. The summed E-state index contributed by atoms with van der Waals surface area (Å²) in [7, 11) is 0. The Morgan fingerprint density at radius 3 is 2.30 bits per heavy atom. The third kappa shape index (κ3) is 5.45. The number of hydrogen-bond acceptors (Lipinski definition) is 3. The van der Waals surface area contributed by atoms with Gasteiger partial charge in [0.2, 0.25) is 0 Å². The average molecular weight is 516 g/mol. The van der Waals surface area contributed by atoms with Crippen LogP contribution in [0.4, 0.5) is 4.39 Å². The van der Waals surface area contributed by atoms with Crippen molar-refractivity contribution >= 4 is 63.9 Å². The van der Waals surface area contributed by atoms with E-state index < -0.39 is 18.3 Å². The maximum Gasteiger partial charge on any atom is 0.260 e. The van der Waals surface area contributed by atoms with Gasteiger partial charge < -0.3 is 14.4 Å². The molecule has 0 bridgehead atoms. The quantitative estimate of drug-likeness (QED) is 0.305. The molecule has 1 amide bonds. The van der Waals surface area contributed by atoms with E-state index in [1.54, 1.807) is 18.2 Å². The number of rotatable bonds is 7. The lowest BCUT2D eigenvalue weighted by Gasteiger charge is -2.26. The Labute approximate surface area is 198 Å². The minimum absolute atomic E-state index is 0.00780. The minimum atomic E-state index is -0.408. The van der Waals surface area contributed by atoms with Crippen LogP contribution in [0.25, 0.3) is 0 Å². The molecule has 30 heavy (non-hydrogen) atoms. The van der Waals surface area contributed by atoms with Gasteiger partial charge in [0.15, 0.2) is 12.4 Å². The highest BCUT2D eigenvalue weighted by atomic mass is 35.5. The third-order valence-corrected chi connectivity index (χ3v) is 6.87. The van der Waals surface area contributed by atoms with Crippen LogP contribution in [-0.4, -0.2) is 36.7 Å². The molecule has 1 aliphatic rings. The summed E-state index contributed by atoms with van der Waals surface area (Å²) in [5.74, 6) is -0.844. The molecule has 10 heteroatoms. The summed E-state index contributed by atoms with van der Waals surface area (Å²) in [6.45, 7) is 0.600. The smallest absolute Gasteiger partial charge is 0.260 e. The van der Waals surface area contributed by atoms with Gasteiger partial charge in [-0.2, -0.15) is 0 Å². The Kier molecular flexibility index (Phi) is 8.36. The summed E-state index contributed by atoms with van der Waals surface area (Å²) in [6, 6.07) is 6.27. The second-order valence-corrected chi connectivity index (χ2v) is 8.58. The van der Waals surface area contributed by atoms with Gasteiger partial charge in [-0.3, -0.25) is 4.79 Å². The third-order valence-electron chi connectivity index (χ3n) is 4.63. The molecule has 1 saturated heterocycles. The molecule has 0 saturated carbocycles. The first-order valence-corrected chi connectivity index (χ1v) is 11.0. The highest BCUT2D eigenvalue weighted by Crippen LogP contribution is 2.48. The largest absolute Gasteiger partial charge is 0.481 e. The average Bonchev–Trinajstić information content (AvgIpc) is 3.25. The molecule has 0 N–H and O–H groups in total. The van der Waals surface area contributed by atoms with E-state index in [-0.39, 0.29) is 43.5 Å². The van der Waals surface area contributed by atoms with Crippen molar-refractivity contribution in [2.45, 2.75) is 25.5 Å². The molecule has 4 nitrogen and oxygen atoms in total. The van der Waals surface area contributed by atoms with Crippen LogP contribution < -0.4 is 4.74 Å². The molecule has 1 unspecified atom stereocenters. The van der Waals surface area contributed by atoms with Crippen LogP contribution >= 0.6 is 58.0 Å². The van der Waals surface area contributed by atoms with Crippen LogP contribution in [0.15, 0.2) is 24.3 Å². The first-order chi connectivity index (χ1) is 14.3. The summed E-state index contributed by atoms with van der Waals surface area (Å²) in [5, 5.41) is -0.172. The maximum atomic E-state index is 14.1. The Morgan fingerprint density at radius 1 is 1.07 bits per heavy atom. The lowest BCUT2D eigenvalue weighted by Crippen LogP contribution is -2.39. The van der Waals surface area contributed by atoms with Crippen LogP contribution in [0, 0.1) is 5.82 Å². The Balaban J connectivity index is 1.77. The first kappa shape index (κ1) is 23.7. The van der Waals surface area contributed by atoms with E-state index in [4.69, 9.17) is 67.5 Å². The number of amides is 1. The SMILES string of the molecule is O=C(COc1c(Cl)c(Cl)c(Cl)c(Cl)c1Cl)N(Cc1ccccc1F)CC1CCCO1. The van der Waals surface area contributed by atoms with Crippen molar-refractivity contribution in [1.82, 2.24) is 4.90 Å². The van der Waals surface area contributed by atoms with Crippen molar-refractivity contribution < 1.29 is 18.7 Å². The fourth-order valence-corrected chi connectivity index (χ4v) is 4.29. The number of carbonyl (C=O) groups is 1. The topological polar surface area (TPSA) is 38.8 Å². The Morgan fingerprint density at radius 2 is 1.70 bits per heavy atom. The number of carbonyl (C=O) groups excluding carboxylic acids is 1. The van der Waals surface area contributed by atoms with Gasteiger partial charge in [0, 0.05) is 25.3 Å². The zero-order chi connectivity index (χ0) is 21.8. The monoisotopic (exact) mass is 513 g/mol. The van der Waals surface area contributed by atoms with Crippen molar-refractivity contribution in [1.29, 1.82) is 0 Å². The van der Waals surface area contributed by atoms with Gasteiger partial charge in [-0.1, -0.05) is 76.2 Å². The molecule has 1 atom stereocenters. The molecule has 0 aromatic heterocycles. The van der Waals surface area contributed by atoms with Gasteiger partial charge in [0.1, 0.15) is 15.9 Å². The number of hydrogen-bond donors (Lipinski definition) is 0. The van der Waals surface area contributed by atoms with E-state index in [1.165, 1.54) is 11.0 Å². The highest BCUT2D eigenvalue weighted by molar-refractivity contribution is 6.55. The van der Waals surface area contributed by atoms with E-state index in [1.807, 2.05) is 0 Å². The van der Waals surface area contributed by atoms with Crippen molar-refractivity contribution in [2.24, 2.45) is 0 Å². The number of halogens is 6. The minimum Gasteiger partial charge on any atom is -0.481 e. The Hall–Kier alpha value is -0.950. The molecule has 3 rings (SSSR count). The van der Waals surface area contributed by atoms with E-state index in [9.17, 15) is 9.18 Å². The van der Waals surface area contributed by atoms with Crippen molar-refractivity contribution in [3.05, 3.63) is 60.8 Å². The number of nitrogens with zero attached hydrogens (tertiary/aromatic N) is 1. The van der Waals surface area contributed by atoms with Gasteiger partial charge in [-0.15, -0.1) is 0 Å². The predicted octanol–water partition coefficient (Wildman–Crippen LogP) is 6.68. The summed E-state index contributed by atoms with van der Waals surface area (Å²) in [4.78, 5) is 14.4. The number of ether oxygens (including phenoxy) is 2. The summed E-state index contributed by atoms with van der Waals surface area (Å²) in [5.41, 5.74) is 0.387. The standard InChI is InChI=1S/C20H17Cl5FNO3/c21-15-16(22)18(24)20(19(25)17(15)23)30-10-14(28)27(9-12-5-3-7-29-12)8-11-4-1-2-6-13(11)26/h1-2,4,6,12H,3,5,7-10H2. The summed E-state index contributed by atoms with van der Waals surface area (Å²) < 4.78 is 25.3. The lowest BCUT2D eigenvalue weighted by atomic mass is 10.1. The van der Waals surface area contributed by atoms with Gasteiger partial charge in [-0.25, -0.2) is 4.39 Å². The van der Waals surface area contributed by atoms with Crippen LogP contribution in [0.3, 0.4) is 0 Å². The zero-order valence-electron chi connectivity index (χ0n) is 15.6. The van der Waals surface area contributed by atoms with E-state index in [0.29, 0.717) is 18.7 Å². The molecule has 162 valence electrons. The van der Waals surface area contributed by atoms with Gasteiger partial charge in [0.25, 0.3) is 5.91 Å². The van der Waals surface area contributed by atoms with Crippen molar-refractivity contribution in [3.63, 3.8) is 0 Å². The summed E-state index contributed by atoms with van der Waals surface area (Å²) in [6.07, 6.45) is 1.62. The highest BCUT2D eigenvalue weighted by Gasteiger charge is 2.26. The molecule has 1 aliphatic heterocycles. The van der Waals surface area contributed by atoms with Gasteiger partial charge >= 0.3 is 0 Å². The van der Waals surface area contributed by atoms with E-state index in [0.717, 1.165) is 12.8 Å². The van der Waals surface area contributed by atoms with Crippen LogP contribution in [0.2, 0.25) is 25.1 Å². The van der Waals surface area contributed by atoms with Crippen LogP contribution in [-0.2, 0) is 16.1 Å². The molecule has 1 fully saturated rings. The van der Waals surface area contributed by atoms with Gasteiger partial charge in [0.05, 0.1) is 21.2 Å². The van der Waals surface area contributed by atoms with Crippen LogP contribution in [0.1, 0.15) is 18.4 Å². The van der Waals surface area contributed by atoms with Crippen LogP contribution in [0.5, 0.6) is 5.75 Å². The molecular formula is C20H17Cl5FNO3. The normalized spacial score (nSPS) is 16.0. The molecule has 2 aromatic rings. The van der Waals surface area contributed by atoms with Gasteiger partial charge in [-0.05, 0) is 18.9 Å². The van der Waals surface area contributed by atoms with E-state index in [2.05, 4.69) is 0 Å². The van der Waals surface area contributed by atoms with Crippen molar-refractivity contribution in [2.75, 3.05) is 19.8 Å². The molecule has 1 heterocycles. The zero-order valence-corrected chi connectivity index (χ0v) is 19.3. The molecule has 2 aromatic carbocycles. The molecular weight excluding hydrogens is 498 g/mol. The molecule has 0 radical (unpaired) electrons. The lowest BCUT2D eigenvalue weighted by molar-refractivity contribution is -0.135. The second kappa shape index (κ2) is 10.6. The fraction of sp³-hybridized carbons (Fsp3) is 0.350. The predicted molar refractivity (Wildman–Crippen MR) is 118 cm³/mol. The van der Waals surface area contributed by atoms with E-state index >= 15 is 0 Å². The summed E-state index contributed by atoms with van der Waals surface area (Å²) >= 11 is 30.3. The second-order valence-electron chi connectivity index (χ2n) is 6.69. The molecule has 0 spiro atoms. The molecule has 0 aliphatic carbocycles. The maximum absolute atomic E-state index is 14.1. The fourth-order valence-electron chi connectivity index (χ4n) is 3.06. The van der Waals surface area contributed by atoms with Crippen molar-refractivity contribution in [3.8, 4) is 5.75 Å². The first-order valence-electron chi connectivity index (χ1n) is 9.06.